The molecule has 0 saturated carbocycles. The molecule has 152 valence electrons. The third kappa shape index (κ3) is 6.37. The minimum absolute atomic E-state index is 0.685. The molecule has 7 nitrogen and oxygen atoms in total. The van der Waals surface area contributed by atoms with Gasteiger partial charge in [0.05, 0.1) is 5.02 Å². The molecule has 0 bridgehead atoms. The first-order chi connectivity index (χ1) is 13.4. The second-order valence-corrected chi connectivity index (χ2v) is 6.71. The van der Waals surface area contributed by atoms with E-state index >= 15 is 0 Å². The fourth-order valence-corrected chi connectivity index (χ4v) is 3.23. The maximum Gasteiger partial charge on any atom is 0.414 e. The molecule has 1 heterocycles. The monoisotopic (exact) mass is 408 g/mol. The molecule has 2 aromatic carbocycles. The molecule has 0 spiro atoms. The van der Waals surface area contributed by atoms with E-state index in [2.05, 4.69) is 28.9 Å². The van der Waals surface area contributed by atoms with Crippen LogP contribution in [-0.2, 0) is 9.59 Å². The van der Waals surface area contributed by atoms with Crippen molar-refractivity contribution in [1.82, 2.24) is 9.80 Å². The number of ether oxygens (including phenoxy) is 1. The summed E-state index contributed by atoms with van der Waals surface area (Å²) in [6, 6.07) is 12.2. The SMILES string of the molecule is CCN1CCN(CCOc2ccc3ccccc3c2Cl)CC1.O=C(O)C(=O)O. The standard InChI is InChI=1S/C18H23ClN2O.C2H2O4/c1-2-20-9-11-21(12-10-20)13-14-22-17-8-7-15-5-3-4-6-16(15)18(17)19;3-1(4)2(5)6/h3-8H,2,9-14H2,1H3;(H,3,4)(H,5,6). The van der Waals surface area contributed by atoms with Gasteiger partial charge in [-0.1, -0.05) is 48.9 Å². The van der Waals surface area contributed by atoms with Gasteiger partial charge in [0.25, 0.3) is 0 Å². The lowest BCUT2D eigenvalue weighted by atomic mass is 10.1. The van der Waals surface area contributed by atoms with E-state index in [9.17, 15) is 0 Å². The predicted octanol–water partition coefficient (Wildman–Crippen LogP) is 2.67. The van der Waals surface area contributed by atoms with Crippen LogP contribution in [0.15, 0.2) is 36.4 Å². The smallest absolute Gasteiger partial charge is 0.414 e. The summed E-state index contributed by atoms with van der Waals surface area (Å²) in [5.41, 5.74) is 0. The van der Waals surface area contributed by atoms with Crippen molar-refractivity contribution in [2.75, 3.05) is 45.9 Å². The second-order valence-electron chi connectivity index (χ2n) is 6.33. The van der Waals surface area contributed by atoms with Crippen molar-refractivity contribution in [3.8, 4) is 5.75 Å². The maximum atomic E-state index is 9.10. The van der Waals surface area contributed by atoms with Crippen molar-refractivity contribution < 1.29 is 24.5 Å². The Balaban J connectivity index is 0.000000409. The van der Waals surface area contributed by atoms with Crippen LogP contribution in [-0.4, -0.2) is 77.8 Å². The Kier molecular flexibility index (Phi) is 8.50. The van der Waals surface area contributed by atoms with Gasteiger partial charge in [0, 0.05) is 38.1 Å². The molecule has 8 heteroatoms. The quantitative estimate of drug-likeness (QED) is 0.735. The highest BCUT2D eigenvalue weighted by Crippen LogP contribution is 2.32. The Bertz CT molecular complexity index is 794. The highest BCUT2D eigenvalue weighted by molar-refractivity contribution is 6.37. The van der Waals surface area contributed by atoms with Crippen molar-refractivity contribution in [2.24, 2.45) is 0 Å². The predicted molar refractivity (Wildman–Crippen MR) is 108 cm³/mol. The summed E-state index contributed by atoms with van der Waals surface area (Å²) in [4.78, 5) is 23.1. The van der Waals surface area contributed by atoms with Crippen molar-refractivity contribution in [2.45, 2.75) is 6.92 Å². The van der Waals surface area contributed by atoms with Crippen LogP contribution in [0.25, 0.3) is 10.8 Å². The molecular weight excluding hydrogens is 384 g/mol. The number of carboxylic acids is 2. The highest BCUT2D eigenvalue weighted by Gasteiger charge is 2.15. The lowest BCUT2D eigenvalue weighted by Crippen LogP contribution is -2.47. The number of likely N-dealkylation sites (N-methyl/N-ethyl adjacent to an activating group) is 1. The highest BCUT2D eigenvalue weighted by atomic mass is 35.5. The van der Waals surface area contributed by atoms with Crippen LogP contribution in [0.1, 0.15) is 6.92 Å². The summed E-state index contributed by atoms with van der Waals surface area (Å²) in [6.07, 6.45) is 0. The Morgan fingerprint density at radius 2 is 1.61 bits per heavy atom. The molecule has 1 aliphatic heterocycles. The van der Waals surface area contributed by atoms with Gasteiger partial charge in [-0.15, -0.1) is 0 Å². The third-order valence-electron chi connectivity index (χ3n) is 4.59. The zero-order valence-corrected chi connectivity index (χ0v) is 16.6. The molecule has 1 saturated heterocycles. The van der Waals surface area contributed by atoms with Crippen LogP contribution in [0.3, 0.4) is 0 Å². The van der Waals surface area contributed by atoms with E-state index in [1.165, 1.54) is 0 Å². The van der Waals surface area contributed by atoms with Crippen molar-refractivity contribution in [3.63, 3.8) is 0 Å². The van der Waals surface area contributed by atoms with Gasteiger partial charge in [0.2, 0.25) is 0 Å². The third-order valence-corrected chi connectivity index (χ3v) is 4.98. The first-order valence-corrected chi connectivity index (χ1v) is 9.51. The zero-order chi connectivity index (χ0) is 20.5. The van der Waals surface area contributed by atoms with Gasteiger partial charge in [0.1, 0.15) is 12.4 Å². The number of fused-ring (bicyclic) bond motifs is 1. The van der Waals surface area contributed by atoms with E-state index in [1.54, 1.807) is 0 Å². The lowest BCUT2D eigenvalue weighted by Gasteiger charge is -2.33. The molecule has 2 N–H and O–H groups in total. The van der Waals surface area contributed by atoms with Gasteiger partial charge >= 0.3 is 11.9 Å². The Hall–Kier alpha value is -2.35. The first-order valence-electron chi connectivity index (χ1n) is 9.13. The molecule has 0 radical (unpaired) electrons. The molecule has 0 unspecified atom stereocenters. The minimum atomic E-state index is -1.82. The molecular formula is C20H25ClN2O5. The Morgan fingerprint density at radius 3 is 2.21 bits per heavy atom. The fourth-order valence-electron chi connectivity index (χ4n) is 2.94. The number of carbonyl (C=O) groups is 2. The summed E-state index contributed by atoms with van der Waals surface area (Å²) in [7, 11) is 0. The number of halogens is 1. The minimum Gasteiger partial charge on any atom is -0.491 e. The molecule has 2 aromatic rings. The van der Waals surface area contributed by atoms with Gasteiger partial charge in [0.15, 0.2) is 0 Å². The van der Waals surface area contributed by atoms with Crippen molar-refractivity contribution in [1.29, 1.82) is 0 Å². The lowest BCUT2D eigenvalue weighted by molar-refractivity contribution is -0.159. The fraction of sp³-hybridized carbons (Fsp3) is 0.400. The average molecular weight is 409 g/mol. The van der Waals surface area contributed by atoms with E-state index in [0.29, 0.717) is 11.6 Å². The number of carboxylic acid groups (broad SMARTS) is 2. The van der Waals surface area contributed by atoms with Crippen LogP contribution < -0.4 is 4.74 Å². The molecule has 28 heavy (non-hydrogen) atoms. The number of benzene rings is 2. The van der Waals surface area contributed by atoms with Gasteiger partial charge in [-0.25, -0.2) is 9.59 Å². The molecule has 0 aliphatic carbocycles. The summed E-state index contributed by atoms with van der Waals surface area (Å²) in [6.45, 7) is 9.59. The molecule has 0 aromatic heterocycles. The van der Waals surface area contributed by atoms with Gasteiger partial charge < -0.3 is 19.8 Å². The number of hydrogen-bond acceptors (Lipinski definition) is 5. The number of nitrogens with zero attached hydrogens (tertiary/aromatic N) is 2. The summed E-state index contributed by atoms with van der Waals surface area (Å²) in [5.74, 6) is -2.86. The largest absolute Gasteiger partial charge is 0.491 e. The van der Waals surface area contributed by atoms with Gasteiger partial charge in [-0.05, 0) is 18.0 Å². The number of piperazine rings is 1. The van der Waals surface area contributed by atoms with E-state index in [4.69, 9.17) is 36.1 Å². The van der Waals surface area contributed by atoms with Crippen LogP contribution in [0.5, 0.6) is 5.75 Å². The first kappa shape index (κ1) is 21.9. The van der Waals surface area contributed by atoms with E-state index in [0.717, 1.165) is 55.8 Å². The molecule has 1 fully saturated rings. The topological polar surface area (TPSA) is 90.3 Å². The van der Waals surface area contributed by atoms with E-state index in [-0.39, 0.29) is 0 Å². The number of rotatable bonds is 5. The summed E-state index contributed by atoms with van der Waals surface area (Å²) >= 11 is 6.46. The Labute approximate surface area is 169 Å². The number of hydrogen-bond donors (Lipinski definition) is 2. The van der Waals surface area contributed by atoms with Crippen LogP contribution in [0.4, 0.5) is 0 Å². The normalized spacial score (nSPS) is 14.9. The molecule has 1 aliphatic rings. The van der Waals surface area contributed by atoms with Crippen molar-refractivity contribution in [3.05, 3.63) is 41.4 Å². The van der Waals surface area contributed by atoms with Crippen LogP contribution in [0, 0.1) is 0 Å². The zero-order valence-electron chi connectivity index (χ0n) is 15.8. The van der Waals surface area contributed by atoms with E-state index < -0.39 is 11.9 Å². The molecule has 0 amide bonds. The van der Waals surface area contributed by atoms with Crippen LogP contribution >= 0.6 is 11.6 Å². The second kappa shape index (κ2) is 10.8. The van der Waals surface area contributed by atoms with Crippen LogP contribution in [0.2, 0.25) is 5.02 Å². The molecule has 0 atom stereocenters. The van der Waals surface area contributed by atoms with E-state index in [1.807, 2.05) is 24.3 Å². The Morgan fingerprint density at radius 1 is 1.00 bits per heavy atom. The average Bonchev–Trinajstić information content (AvgIpc) is 2.71. The maximum absolute atomic E-state index is 9.10. The summed E-state index contributed by atoms with van der Waals surface area (Å²) in [5, 5.41) is 17.7. The molecule has 3 rings (SSSR count). The number of aliphatic carboxylic acids is 2. The summed E-state index contributed by atoms with van der Waals surface area (Å²) < 4.78 is 5.91. The van der Waals surface area contributed by atoms with Crippen molar-refractivity contribution >= 4 is 34.3 Å². The van der Waals surface area contributed by atoms with Gasteiger partial charge in [-0.2, -0.15) is 0 Å². The van der Waals surface area contributed by atoms with Gasteiger partial charge in [-0.3, -0.25) is 4.90 Å².